The molecule has 0 fully saturated rings. The summed E-state index contributed by atoms with van der Waals surface area (Å²) in [6.45, 7) is 0. The maximum absolute atomic E-state index is 12.5. The maximum Gasteiger partial charge on any atom is 0.451 e. The third kappa shape index (κ3) is 2.74. The largest absolute Gasteiger partial charge is 0.495 e. The van der Waals surface area contributed by atoms with E-state index in [0.29, 0.717) is 27.7 Å². The van der Waals surface area contributed by atoms with E-state index in [0.717, 1.165) is 0 Å². The van der Waals surface area contributed by atoms with Crippen LogP contribution in [0, 0.1) is 0 Å². The smallest absolute Gasteiger partial charge is 0.451 e. The van der Waals surface area contributed by atoms with Crippen molar-refractivity contribution >= 4 is 15.9 Å². The number of hydrogen-bond donors (Lipinski definition) is 0. The van der Waals surface area contributed by atoms with E-state index >= 15 is 0 Å². The minimum absolute atomic E-state index is 0.165. The molecule has 0 aliphatic rings. The normalized spacial score (nSPS) is 11.5. The number of hydrogen-bond acceptors (Lipinski definition) is 4. The SMILES string of the molecule is COc1cc(-c2ncc(C(F)(F)F)o2)cc(OC)c1Br. The van der Waals surface area contributed by atoms with Gasteiger partial charge in [0, 0.05) is 5.56 Å². The number of methoxy groups -OCH3 is 2. The average molecular weight is 352 g/mol. The first-order valence-electron chi connectivity index (χ1n) is 5.31. The van der Waals surface area contributed by atoms with Crippen LogP contribution in [-0.4, -0.2) is 19.2 Å². The van der Waals surface area contributed by atoms with Crippen LogP contribution in [-0.2, 0) is 6.18 Å². The molecule has 20 heavy (non-hydrogen) atoms. The van der Waals surface area contributed by atoms with Crippen molar-refractivity contribution in [3.8, 4) is 23.0 Å². The molecule has 0 bridgehead atoms. The Hall–Kier alpha value is -1.70. The van der Waals surface area contributed by atoms with E-state index < -0.39 is 11.9 Å². The van der Waals surface area contributed by atoms with Gasteiger partial charge in [0.1, 0.15) is 16.0 Å². The second kappa shape index (κ2) is 5.35. The standard InChI is InChI=1S/C12H9BrF3NO3/c1-18-7-3-6(4-8(19-2)10(7)13)11-17-5-9(20-11)12(14,15)16/h3-5H,1-2H3. The Bertz CT molecular complexity index is 600. The lowest BCUT2D eigenvalue weighted by Crippen LogP contribution is -2.02. The number of alkyl halides is 3. The Morgan fingerprint density at radius 3 is 2.10 bits per heavy atom. The zero-order valence-electron chi connectivity index (χ0n) is 10.4. The summed E-state index contributed by atoms with van der Waals surface area (Å²) in [6, 6.07) is 3.00. The van der Waals surface area contributed by atoms with E-state index in [9.17, 15) is 13.2 Å². The minimum Gasteiger partial charge on any atom is -0.495 e. The molecule has 2 rings (SSSR count). The molecule has 1 aromatic heterocycles. The van der Waals surface area contributed by atoms with E-state index in [4.69, 9.17) is 13.9 Å². The molecule has 0 saturated heterocycles. The van der Waals surface area contributed by atoms with Gasteiger partial charge in [0.2, 0.25) is 11.7 Å². The predicted molar refractivity (Wildman–Crippen MR) is 67.7 cm³/mol. The van der Waals surface area contributed by atoms with Crippen molar-refractivity contribution in [2.75, 3.05) is 14.2 Å². The van der Waals surface area contributed by atoms with Gasteiger partial charge in [0.15, 0.2) is 0 Å². The maximum atomic E-state index is 12.5. The highest BCUT2D eigenvalue weighted by Crippen LogP contribution is 2.39. The van der Waals surface area contributed by atoms with Crippen molar-refractivity contribution in [1.29, 1.82) is 0 Å². The average Bonchev–Trinajstić information content (AvgIpc) is 2.88. The molecule has 0 amide bonds. The zero-order valence-corrected chi connectivity index (χ0v) is 12.0. The molecule has 0 aliphatic heterocycles. The molecular weight excluding hydrogens is 343 g/mol. The fraction of sp³-hybridized carbons (Fsp3) is 0.250. The first-order valence-corrected chi connectivity index (χ1v) is 6.11. The van der Waals surface area contributed by atoms with Gasteiger partial charge < -0.3 is 13.9 Å². The van der Waals surface area contributed by atoms with Crippen LogP contribution in [0.5, 0.6) is 11.5 Å². The number of oxazole rings is 1. The lowest BCUT2D eigenvalue weighted by atomic mass is 10.2. The van der Waals surface area contributed by atoms with Gasteiger partial charge in [0.05, 0.1) is 20.4 Å². The van der Waals surface area contributed by atoms with Crippen LogP contribution in [0.1, 0.15) is 5.76 Å². The van der Waals surface area contributed by atoms with E-state index in [1.165, 1.54) is 26.4 Å². The van der Waals surface area contributed by atoms with Gasteiger partial charge in [-0.2, -0.15) is 13.2 Å². The van der Waals surface area contributed by atoms with Gasteiger partial charge in [-0.25, -0.2) is 4.98 Å². The van der Waals surface area contributed by atoms with Gasteiger partial charge in [-0.1, -0.05) is 0 Å². The van der Waals surface area contributed by atoms with E-state index in [-0.39, 0.29) is 5.89 Å². The molecule has 4 nitrogen and oxygen atoms in total. The van der Waals surface area contributed by atoms with E-state index in [2.05, 4.69) is 20.9 Å². The third-order valence-electron chi connectivity index (χ3n) is 2.48. The summed E-state index contributed by atoms with van der Waals surface area (Å²) >= 11 is 3.26. The molecule has 108 valence electrons. The second-order valence-corrected chi connectivity index (χ2v) is 4.52. The molecule has 1 aromatic carbocycles. The summed E-state index contributed by atoms with van der Waals surface area (Å²) in [5, 5.41) is 0. The number of ether oxygens (including phenoxy) is 2. The molecule has 8 heteroatoms. The van der Waals surface area contributed by atoms with Crippen molar-refractivity contribution in [2.24, 2.45) is 0 Å². The van der Waals surface area contributed by atoms with Crippen LogP contribution in [0.4, 0.5) is 13.2 Å². The first-order chi connectivity index (χ1) is 9.36. The van der Waals surface area contributed by atoms with Crippen LogP contribution in [0.3, 0.4) is 0 Å². The molecule has 0 unspecified atom stereocenters. The van der Waals surface area contributed by atoms with Crippen LogP contribution >= 0.6 is 15.9 Å². The van der Waals surface area contributed by atoms with Gasteiger partial charge in [-0.05, 0) is 28.1 Å². The molecule has 0 atom stereocenters. The van der Waals surface area contributed by atoms with Crippen molar-refractivity contribution in [2.45, 2.75) is 6.18 Å². The lowest BCUT2D eigenvalue weighted by Gasteiger charge is -2.10. The summed E-state index contributed by atoms with van der Waals surface area (Å²) in [5.74, 6) is -0.535. The van der Waals surface area contributed by atoms with Gasteiger partial charge in [-0.3, -0.25) is 0 Å². The Kier molecular flexibility index (Phi) is 3.94. The van der Waals surface area contributed by atoms with Crippen LogP contribution in [0.2, 0.25) is 0 Å². The highest BCUT2D eigenvalue weighted by Gasteiger charge is 2.35. The van der Waals surface area contributed by atoms with E-state index in [1.54, 1.807) is 0 Å². The van der Waals surface area contributed by atoms with Crippen LogP contribution in [0.25, 0.3) is 11.5 Å². The molecule has 0 N–H and O–H groups in total. The summed E-state index contributed by atoms with van der Waals surface area (Å²) in [4.78, 5) is 3.62. The minimum atomic E-state index is -4.57. The fourth-order valence-electron chi connectivity index (χ4n) is 1.53. The molecule has 0 saturated carbocycles. The molecular formula is C12H9BrF3NO3. The number of rotatable bonds is 3. The summed E-state index contributed by atoms with van der Waals surface area (Å²) < 4.78 is 52.9. The Morgan fingerprint density at radius 2 is 1.70 bits per heavy atom. The Labute approximate surface area is 120 Å². The molecule has 0 radical (unpaired) electrons. The van der Waals surface area contributed by atoms with E-state index in [1.807, 2.05) is 0 Å². The molecule has 2 aromatic rings. The Morgan fingerprint density at radius 1 is 1.15 bits per heavy atom. The molecule has 0 spiro atoms. The highest BCUT2D eigenvalue weighted by molar-refractivity contribution is 9.10. The fourth-order valence-corrected chi connectivity index (χ4v) is 2.08. The van der Waals surface area contributed by atoms with Crippen molar-refractivity contribution in [3.63, 3.8) is 0 Å². The van der Waals surface area contributed by atoms with Crippen LogP contribution < -0.4 is 9.47 Å². The number of halogens is 4. The van der Waals surface area contributed by atoms with Gasteiger partial charge in [0.25, 0.3) is 0 Å². The topological polar surface area (TPSA) is 44.5 Å². The lowest BCUT2D eigenvalue weighted by molar-refractivity contribution is -0.152. The predicted octanol–water partition coefficient (Wildman–Crippen LogP) is 4.14. The highest BCUT2D eigenvalue weighted by atomic mass is 79.9. The van der Waals surface area contributed by atoms with Crippen molar-refractivity contribution in [1.82, 2.24) is 4.98 Å². The number of benzene rings is 1. The number of nitrogens with zero attached hydrogens (tertiary/aromatic N) is 1. The summed E-state index contributed by atoms with van der Waals surface area (Å²) in [6.07, 6.45) is -3.94. The van der Waals surface area contributed by atoms with Crippen LogP contribution in [0.15, 0.2) is 27.2 Å². The zero-order chi connectivity index (χ0) is 14.9. The third-order valence-corrected chi connectivity index (χ3v) is 3.26. The summed E-state index contributed by atoms with van der Waals surface area (Å²) in [5.41, 5.74) is 0.317. The monoisotopic (exact) mass is 351 g/mol. The first kappa shape index (κ1) is 14.7. The van der Waals surface area contributed by atoms with Gasteiger partial charge >= 0.3 is 6.18 Å². The van der Waals surface area contributed by atoms with Crippen molar-refractivity contribution in [3.05, 3.63) is 28.6 Å². The molecule has 1 heterocycles. The Balaban J connectivity index is 2.50. The quantitative estimate of drug-likeness (QED) is 0.833. The van der Waals surface area contributed by atoms with Gasteiger partial charge in [-0.15, -0.1) is 0 Å². The molecule has 0 aliphatic carbocycles. The van der Waals surface area contributed by atoms with Crippen molar-refractivity contribution < 1.29 is 27.1 Å². The number of aromatic nitrogens is 1. The summed E-state index contributed by atoms with van der Waals surface area (Å²) in [7, 11) is 2.86. The second-order valence-electron chi connectivity index (χ2n) is 3.72.